The summed E-state index contributed by atoms with van der Waals surface area (Å²) < 4.78 is 13.7. The van der Waals surface area contributed by atoms with E-state index >= 15 is 0 Å². The van der Waals surface area contributed by atoms with Crippen LogP contribution >= 0.6 is 0 Å². The normalized spacial score (nSPS) is 10.5. The molecule has 20 heavy (non-hydrogen) atoms. The number of nitrogens with two attached hydrogens (primary N) is 1. The Morgan fingerprint density at radius 1 is 1.10 bits per heavy atom. The first-order chi connectivity index (χ1) is 9.78. The van der Waals surface area contributed by atoms with E-state index in [9.17, 15) is 4.39 Å². The Bertz CT molecular complexity index is 755. The Morgan fingerprint density at radius 2 is 1.95 bits per heavy atom. The third-order valence-electron chi connectivity index (χ3n) is 2.76. The molecule has 0 aliphatic carbocycles. The van der Waals surface area contributed by atoms with Gasteiger partial charge in [0.2, 0.25) is 5.95 Å². The highest BCUT2D eigenvalue weighted by molar-refractivity contribution is 5.91. The van der Waals surface area contributed by atoms with Crippen molar-refractivity contribution in [2.75, 3.05) is 10.7 Å². The number of halogens is 1. The second-order valence-corrected chi connectivity index (χ2v) is 4.04. The quantitative estimate of drug-likeness (QED) is 0.499. The lowest BCUT2D eigenvalue weighted by Gasteiger charge is -2.09. The summed E-state index contributed by atoms with van der Waals surface area (Å²) in [6.07, 6.45) is 2.72. The van der Waals surface area contributed by atoms with Gasteiger partial charge in [0, 0.05) is 11.6 Å². The number of nitrogen functional groups attached to an aromatic ring is 1. The molecule has 0 fully saturated rings. The fraction of sp³-hybridized carbons (Fsp3) is 0. The summed E-state index contributed by atoms with van der Waals surface area (Å²) in [6.45, 7) is 0. The van der Waals surface area contributed by atoms with E-state index in [1.54, 1.807) is 12.3 Å². The summed E-state index contributed by atoms with van der Waals surface area (Å²) in [4.78, 5) is 11.9. The molecule has 6 nitrogen and oxygen atoms in total. The minimum Gasteiger partial charge on any atom is -0.336 e. The molecule has 4 N–H and O–H groups in total. The van der Waals surface area contributed by atoms with E-state index in [-0.39, 0.29) is 11.8 Å². The van der Waals surface area contributed by atoms with Gasteiger partial charge in [0.05, 0.1) is 17.4 Å². The molecule has 0 aliphatic rings. The predicted molar refractivity (Wildman–Crippen MR) is 74.8 cm³/mol. The van der Waals surface area contributed by atoms with E-state index in [1.165, 1.54) is 0 Å². The van der Waals surface area contributed by atoms with Gasteiger partial charge in [0.25, 0.3) is 0 Å². The average Bonchev–Trinajstić information content (AvgIpc) is 2.50. The maximum Gasteiger partial charge on any atom is 0.239 e. The predicted octanol–water partition coefficient (Wildman–Crippen LogP) is 2.19. The fourth-order valence-corrected chi connectivity index (χ4v) is 1.86. The van der Waals surface area contributed by atoms with Gasteiger partial charge < -0.3 is 5.32 Å². The van der Waals surface area contributed by atoms with Gasteiger partial charge in [-0.1, -0.05) is 18.2 Å². The third kappa shape index (κ3) is 2.21. The van der Waals surface area contributed by atoms with Crippen molar-refractivity contribution < 1.29 is 4.39 Å². The van der Waals surface area contributed by atoms with E-state index < -0.39 is 5.82 Å². The first kappa shape index (κ1) is 12.2. The number of hydrogen-bond acceptors (Lipinski definition) is 6. The fourth-order valence-electron chi connectivity index (χ4n) is 1.86. The third-order valence-corrected chi connectivity index (χ3v) is 2.76. The summed E-state index contributed by atoms with van der Waals surface area (Å²) in [5.41, 5.74) is 3.66. The van der Waals surface area contributed by atoms with Gasteiger partial charge in [-0.3, -0.25) is 10.4 Å². The van der Waals surface area contributed by atoms with Crippen molar-refractivity contribution in [1.29, 1.82) is 0 Å². The minimum absolute atomic E-state index is 0.0334. The van der Waals surface area contributed by atoms with Crippen LogP contribution < -0.4 is 16.6 Å². The molecule has 2 heterocycles. The number of anilines is 3. The SMILES string of the molecule is NNc1ncc(F)c(Nc2cccc3cccnc23)n1. The van der Waals surface area contributed by atoms with Crippen molar-refractivity contribution in [3.8, 4) is 0 Å². The van der Waals surface area contributed by atoms with Crippen LogP contribution in [0.4, 0.5) is 21.8 Å². The number of fused-ring (bicyclic) bond motifs is 1. The number of hydrazine groups is 1. The first-order valence-electron chi connectivity index (χ1n) is 5.88. The molecule has 7 heteroatoms. The average molecular weight is 270 g/mol. The van der Waals surface area contributed by atoms with E-state index in [2.05, 4.69) is 25.7 Å². The molecule has 0 spiro atoms. The minimum atomic E-state index is -0.572. The van der Waals surface area contributed by atoms with Gasteiger partial charge in [0.15, 0.2) is 11.6 Å². The smallest absolute Gasteiger partial charge is 0.239 e. The number of nitrogens with zero attached hydrogens (tertiary/aromatic N) is 3. The van der Waals surface area contributed by atoms with Crippen molar-refractivity contribution in [3.63, 3.8) is 0 Å². The highest BCUT2D eigenvalue weighted by atomic mass is 19.1. The molecule has 1 aromatic carbocycles. The van der Waals surface area contributed by atoms with Crippen molar-refractivity contribution >= 4 is 28.4 Å². The molecule has 0 bridgehead atoms. The van der Waals surface area contributed by atoms with Crippen LogP contribution in [0.25, 0.3) is 10.9 Å². The Kier molecular flexibility index (Phi) is 3.10. The second-order valence-electron chi connectivity index (χ2n) is 4.04. The molecule has 3 aromatic rings. The monoisotopic (exact) mass is 270 g/mol. The van der Waals surface area contributed by atoms with Gasteiger partial charge in [-0.2, -0.15) is 4.98 Å². The highest BCUT2D eigenvalue weighted by Gasteiger charge is 2.09. The van der Waals surface area contributed by atoms with E-state index in [4.69, 9.17) is 5.84 Å². The topological polar surface area (TPSA) is 88.8 Å². The molecule has 0 aliphatic heterocycles. The Morgan fingerprint density at radius 3 is 2.80 bits per heavy atom. The van der Waals surface area contributed by atoms with Crippen LogP contribution in [0.1, 0.15) is 0 Å². The molecule has 0 unspecified atom stereocenters. The van der Waals surface area contributed by atoms with Gasteiger partial charge in [-0.05, 0) is 12.1 Å². The second kappa shape index (κ2) is 5.06. The summed E-state index contributed by atoms with van der Waals surface area (Å²) in [5, 5.41) is 3.85. The Balaban J connectivity index is 2.05. The number of para-hydroxylation sites is 1. The highest BCUT2D eigenvalue weighted by Crippen LogP contribution is 2.25. The molecule has 0 radical (unpaired) electrons. The summed E-state index contributed by atoms with van der Waals surface area (Å²) in [6, 6.07) is 9.35. The number of aromatic nitrogens is 3. The van der Waals surface area contributed by atoms with E-state index in [1.807, 2.05) is 24.3 Å². The van der Waals surface area contributed by atoms with Crippen LogP contribution in [0.2, 0.25) is 0 Å². The van der Waals surface area contributed by atoms with Crippen molar-refractivity contribution in [1.82, 2.24) is 15.0 Å². The number of pyridine rings is 1. The van der Waals surface area contributed by atoms with Crippen LogP contribution in [0, 0.1) is 5.82 Å². The van der Waals surface area contributed by atoms with Crippen molar-refractivity contribution in [2.24, 2.45) is 5.84 Å². The van der Waals surface area contributed by atoms with Crippen LogP contribution in [0.3, 0.4) is 0 Å². The lowest BCUT2D eigenvalue weighted by atomic mass is 10.2. The lowest BCUT2D eigenvalue weighted by Crippen LogP contribution is -2.12. The van der Waals surface area contributed by atoms with Crippen LogP contribution in [-0.2, 0) is 0 Å². The van der Waals surface area contributed by atoms with Gasteiger partial charge in [-0.25, -0.2) is 15.2 Å². The molecule has 0 saturated carbocycles. The molecule has 0 saturated heterocycles. The molecule has 2 aromatic heterocycles. The maximum absolute atomic E-state index is 13.7. The van der Waals surface area contributed by atoms with E-state index in [0.717, 1.165) is 17.1 Å². The number of hydrogen-bond donors (Lipinski definition) is 3. The maximum atomic E-state index is 13.7. The van der Waals surface area contributed by atoms with Gasteiger partial charge >= 0.3 is 0 Å². The summed E-state index contributed by atoms with van der Waals surface area (Å²) in [5.74, 6) is 4.80. The molecule has 0 atom stereocenters. The van der Waals surface area contributed by atoms with Gasteiger partial charge in [-0.15, -0.1) is 0 Å². The Hall–Kier alpha value is -2.80. The van der Waals surface area contributed by atoms with Gasteiger partial charge in [0.1, 0.15) is 0 Å². The summed E-state index contributed by atoms with van der Waals surface area (Å²) in [7, 11) is 0. The van der Waals surface area contributed by atoms with E-state index in [0.29, 0.717) is 5.69 Å². The van der Waals surface area contributed by atoms with Crippen LogP contribution in [0.5, 0.6) is 0 Å². The first-order valence-corrected chi connectivity index (χ1v) is 5.88. The number of rotatable bonds is 3. The standard InChI is InChI=1S/C13H11FN6/c14-9-7-17-13(20-15)19-12(9)18-10-5-1-3-8-4-2-6-16-11(8)10/h1-7H,15H2,(H2,17,18,19,20). The number of nitrogens with one attached hydrogen (secondary N) is 2. The zero-order valence-electron chi connectivity index (χ0n) is 10.3. The Labute approximate surface area is 113 Å². The zero-order valence-corrected chi connectivity index (χ0v) is 10.3. The zero-order chi connectivity index (χ0) is 13.9. The van der Waals surface area contributed by atoms with Crippen LogP contribution in [-0.4, -0.2) is 15.0 Å². The van der Waals surface area contributed by atoms with Crippen LogP contribution in [0.15, 0.2) is 42.7 Å². The number of benzene rings is 1. The summed E-state index contributed by atoms with van der Waals surface area (Å²) >= 11 is 0. The largest absolute Gasteiger partial charge is 0.336 e. The van der Waals surface area contributed by atoms with Crippen molar-refractivity contribution in [3.05, 3.63) is 48.5 Å². The molecular formula is C13H11FN6. The molecule has 0 amide bonds. The lowest BCUT2D eigenvalue weighted by molar-refractivity contribution is 0.619. The van der Waals surface area contributed by atoms with Crippen molar-refractivity contribution in [2.45, 2.75) is 0 Å². The molecule has 3 rings (SSSR count). The molecule has 100 valence electrons. The molecular weight excluding hydrogens is 259 g/mol.